The van der Waals surface area contributed by atoms with Crippen LogP contribution in [0.15, 0.2) is 17.5 Å². The van der Waals surface area contributed by atoms with E-state index in [2.05, 4.69) is 22.4 Å². The Morgan fingerprint density at radius 3 is 2.68 bits per heavy atom. The number of piperazine rings is 1. The maximum absolute atomic E-state index is 11.9. The molecule has 2 rings (SSSR count). The largest absolute Gasteiger partial charge is 0.369 e. The Bertz CT molecular complexity index is 384. The van der Waals surface area contributed by atoms with Crippen molar-refractivity contribution in [3.05, 3.63) is 22.4 Å². The van der Waals surface area contributed by atoms with Crippen molar-refractivity contribution in [2.24, 2.45) is 0 Å². The quantitative estimate of drug-likeness (QED) is 0.826. The molecule has 0 radical (unpaired) electrons. The third-order valence-electron chi connectivity index (χ3n) is 3.22. The average molecular weight is 282 g/mol. The number of carbonyl (C=O) groups excluding carboxylic acids is 1. The molecule has 0 spiro atoms. The van der Waals surface area contributed by atoms with Crippen LogP contribution < -0.4 is 0 Å². The first-order valence-corrected chi connectivity index (χ1v) is 7.67. The molecule has 2 heterocycles. The van der Waals surface area contributed by atoms with Gasteiger partial charge in [-0.2, -0.15) is 0 Å². The zero-order valence-electron chi connectivity index (χ0n) is 11.7. The van der Waals surface area contributed by atoms with Crippen molar-refractivity contribution < 1.29 is 9.53 Å². The zero-order valence-corrected chi connectivity index (χ0v) is 12.5. The van der Waals surface area contributed by atoms with E-state index in [1.807, 2.05) is 18.7 Å². The van der Waals surface area contributed by atoms with Gasteiger partial charge in [0.25, 0.3) is 0 Å². The van der Waals surface area contributed by atoms with Gasteiger partial charge in [0.2, 0.25) is 5.91 Å². The molecule has 0 saturated carbocycles. The third-order valence-corrected chi connectivity index (χ3v) is 4.09. The zero-order chi connectivity index (χ0) is 13.7. The van der Waals surface area contributed by atoms with E-state index in [1.54, 1.807) is 11.3 Å². The second kappa shape index (κ2) is 7.03. The Labute approximate surface area is 119 Å². The third kappa shape index (κ3) is 4.60. The van der Waals surface area contributed by atoms with Crippen molar-refractivity contribution in [2.75, 3.05) is 32.8 Å². The van der Waals surface area contributed by atoms with Gasteiger partial charge in [-0.05, 0) is 25.3 Å². The van der Waals surface area contributed by atoms with E-state index in [0.29, 0.717) is 0 Å². The van der Waals surface area contributed by atoms with Crippen LogP contribution in [0.5, 0.6) is 0 Å². The van der Waals surface area contributed by atoms with E-state index in [0.717, 1.165) is 32.7 Å². The summed E-state index contributed by atoms with van der Waals surface area (Å²) in [5.74, 6) is 0.115. The second-order valence-corrected chi connectivity index (χ2v) is 6.13. The summed E-state index contributed by atoms with van der Waals surface area (Å²) >= 11 is 1.79. The number of nitrogens with zero attached hydrogens (tertiary/aromatic N) is 2. The van der Waals surface area contributed by atoms with E-state index >= 15 is 0 Å². The van der Waals surface area contributed by atoms with Crippen LogP contribution in [0, 0.1) is 0 Å². The predicted molar refractivity (Wildman–Crippen MR) is 77.3 cm³/mol. The highest BCUT2D eigenvalue weighted by Crippen LogP contribution is 2.13. The predicted octanol–water partition coefficient (Wildman–Crippen LogP) is 1.82. The molecular weight excluding hydrogens is 260 g/mol. The van der Waals surface area contributed by atoms with Crippen LogP contribution in [0.2, 0.25) is 0 Å². The fourth-order valence-electron chi connectivity index (χ4n) is 2.11. The maximum Gasteiger partial charge on any atom is 0.248 e. The number of hydrogen-bond donors (Lipinski definition) is 0. The molecular formula is C14H22N2O2S. The summed E-state index contributed by atoms with van der Waals surface area (Å²) in [5.41, 5.74) is 0. The van der Waals surface area contributed by atoms with Crippen molar-refractivity contribution in [1.82, 2.24) is 9.80 Å². The van der Waals surface area contributed by atoms with Crippen LogP contribution in [-0.4, -0.2) is 54.6 Å². The summed E-state index contributed by atoms with van der Waals surface area (Å²) in [4.78, 5) is 17.6. The highest BCUT2D eigenvalue weighted by molar-refractivity contribution is 7.09. The van der Waals surface area contributed by atoms with Crippen molar-refractivity contribution >= 4 is 17.2 Å². The molecule has 0 bridgehead atoms. The lowest BCUT2D eigenvalue weighted by Gasteiger charge is -2.34. The first kappa shape index (κ1) is 14.5. The Morgan fingerprint density at radius 1 is 1.37 bits per heavy atom. The summed E-state index contributed by atoms with van der Waals surface area (Å²) < 4.78 is 5.37. The van der Waals surface area contributed by atoms with Crippen LogP contribution in [0.4, 0.5) is 0 Å². The second-order valence-electron chi connectivity index (χ2n) is 5.10. The minimum Gasteiger partial charge on any atom is -0.369 e. The molecule has 0 aromatic carbocycles. The Hall–Kier alpha value is -0.910. The van der Waals surface area contributed by atoms with Crippen molar-refractivity contribution in [1.29, 1.82) is 0 Å². The van der Waals surface area contributed by atoms with Crippen LogP contribution >= 0.6 is 11.3 Å². The molecule has 19 heavy (non-hydrogen) atoms. The topological polar surface area (TPSA) is 32.8 Å². The lowest BCUT2D eigenvalue weighted by atomic mass is 10.3. The van der Waals surface area contributed by atoms with E-state index < -0.39 is 0 Å². The molecule has 1 amide bonds. The fraction of sp³-hybridized carbons (Fsp3) is 0.643. The van der Waals surface area contributed by atoms with Crippen LogP contribution in [0.1, 0.15) is 18.7 Å². The summed E-state index contributed by atoms with van der Waals surface area (Å²) in [6, 6.07) is 4.25. The average Bonchev–Trinajstić information content (AvgIpc) is 2.89. The molecule has 1 aliphatic heterocycles. The molecule has 0 aliphatic carbocycles. The van der Waals surface area contributed by atoms with E-state index in [9.17, 15) is 4.79 Å². The van der Waals surface area contributed by atoms with Gasteiger partial charge in [-0.15, -0.1) is 11.3 Å². The monoisotopic (exact) mass is 282 g/mol. The molecule has 5 heteroatoms. The van der Waals surface area contributed by atoms with Gasteiger partial charge in [-0.25, -0.2) is 0 Å². The molecule has 106 valence electrons. The lowest BCUT2D eigenvalue weighted by Crippen LogP contribution is -2.49. The smallest absolute Gasteiger partial charge is 0.248 e. The molecule has 0 unspecified atom stereocenters. The van der Waals surface area contributed by atoms with Gasteiger partial charge in [0, 0.05) is 37.6 Å². The van der Waals surface area contributed by atoms with Gasteiger partial charge >= 0.3 is 0 Å². The van der Waals surface area contributed by atoms with Gasteiger partial charge in [-0.3, -0.25) is 9.69 Å². The van der Waals surface area contributed by atoms with Gasteiger partial charge < -0.3 is 9.64 Å². The lowest BCUT2D eigenvalue weighted by molar-refractivity contribution is -0.139. The molecule has 1 aromatic heterocycles. The highest BCUT2D eigenvalue weighted by Gasteiger charge is 2.21. The Balaban J connectivity index is 1.71. The van der Waals surface area contributed by atoms with E-state index in [-0.39, 0.29) is 18.6 Å². The van der Waals surface area contributed by atoms with Crippen LogP contribution in [-0.2, 0) is 16.1 Å². The highest BCUT2D eigenvalue weighted by atomic mass is 32.1. The fourth-order valence-corrected chi connectivity index (χ4v) is 2.85. The molecule has 1 aliphatic rings. The minimum absolute atomic E-state index is 0.115. The number of rotatable bonds is 5. The summed E-state index contributed by atoms with van der Waals surface area (Å²) in [5, 5.41) is 2.11. The molecule has 1 saturated heterocycles. The number of thiophene rings is 1. The number of amides is 1. The van der Waals surface area contributed by atoms with Crippen molar-refractivity contribution in [3.8, 4) is 0 Å². The summed E-state index contributed by atoms with van der Waals surface area (Å²) in [7, 11) is 0. The summed E-state index contributed by atoms with van der Waals surface area (Å²) in [6.07, 6.45) is 0.115. The molecule has 0 atom stereocenters. The Morgan fingerprint density at radius 2 is 2.11 bits per heavy atom. The number of ether oxygens (including phenoxy) is 1. The summed E-state index contributed by atoms with van der Waals surface area (Å²) in [6.45, 7) is 8.64. The SMILES string of the molecule is CC(C)OCC(=O)N1CCN(Cc2cccs2)CC1. The van der Waals surface area contributed by atoms with Crippen LogP contribution in [0.3, 0.4) is 0 Å². The normalized spacial score (nSPS) is 17.1. The van der Waals surface area contributed by atoms with Crippen molar-refractivity contribution in [2.45, 2.75) is 26.5 Å². The maximum atomic E-state index is 11.9. The van der Waals surface area contributed by atoms with Gasteiger partial charge in [0.1, 0.15) is 6.61 Å². The van der Waals surface area contributed by atoms with Gasteiger partial charge in [0.05, 0.1) is 6.10 Å². The first-order chi connectivity index (χ1) is 9.15. The molecule has 1 aromatic rings. The van der Waals surface area contributed by atoms with E-state index in [1.165, 1.54) is 4.88 Å². The molecule has 1 fully saturated rings. The Kier molecular flexibility index (Phi) is 5.36. The van der Waals surface area contributed by atoms with Crippen molar-refractivity contribution in [3.63, 3.8) is 0 Å². The number of hydrogen-bond acceptors (Lipinski definition) is 4. The van der Waals surface area contributed by atoms with Gasteiger partial charge in [0.15, 0.2) is 0 Å². The standard InChI is InChI=1S/C14H22N2O2S/c1-12(2)18-11-14(17)16-7-5-15(6-8-16)10-13-4-3-9-19-13/h3-4,9,12H,5-8,10-11H2,1-2H3. The van der Waals surface area contributed by atoms with Gasteiger partial charge in [-0.1, -0.05) is 6.07 Å². The number of carbonyl (C=O) groups is 1. The minimum atomic E-state index is 0.115. The molecule has 0 N–H and O–H groups in total. The first-order valence-electron chi connectivity index (χ1n) is 6.79. The van der Waals surface area contributed by atoms with Crippen LogP contribution in [0.25, 0.3) is 0 Å². The van der Waals surface area contributed by atoms with E-state index in [4.69, 9.17) is 4.74 Å². The molecule has 4 nitrogen and oxygen atoms in total.